The molecule has 0 saturated heterocycles. The van der Waals surface area contributed by atoms with Gasteiger partial charge in [-0.15, -0.1) is 0 Å². The first-order valence-corrected chi connectivity index (χ1v) is 8.94. The number of hydrogen-bond acceptors (Lipinski definition) is 3. The van der Waals surface area contributed by atoms with Gasteiger partial charge in [-0.2, -0.15) is 0 Å². The van der Waals surface area contributed by atoms with Gasteiger partial charge in [0.05, 0.1) is 11.5 Å². The van der Waals surface area contributed by atoms with E-state index in [0.29, 0.717) is 23.9 Å². The van der Waals surface area contributed by atoms with Gasteiger partial charge in [0.2, 0.25) is 10.0 Å². The van der Waals surface area contributed by atoms with E-state index in [-0.39, 0.29) is 22.4 Å². The van der Waals surface area contributed by atoms with Crippen molar-refractivity contribution in [3.63, 3.8) is 0 Å². The van der Waals surface area contributed by atoms with Gasteiger partial charge in [-0.3, -0.25) is 0 Å². The second-order valence-electron chi connectivity index (χ2n) is 5.92. The predicted octanol–water partition coefficient (Wildman–Crippen LogP) is 3.04. The lowest BCUT2D eigenvalue weighted by atomic mass is 9.86. The summed E-state index contributed by atoms with van der Waals surface area (Å²) in [4.78, 5) is 0.121. The van der Waals surface area contributed by atoms with Crippen LogP contribution in [0.3, 0.4) is 0 Å². The summed E-state index contributed by atoms with van der Waals surface area (Å²) in [6.45, 7) is 8.54. The lowest BCUT2D eigenvalue weighted by Crippen LogP contribution is -2.34. The van der Waals surface area contributed by atoms with E-state index in [0.717, 1.165) is 0 Å². The highest BCUT2D eigenvalue weighted by molar-refractivity contribution is 7.89. The van der Waals surface area contributed by atoms with E-state index in [9.17, 15) is 8.42 Å². The molecule has 0 aliphatic rings. The third-order valence-corrected chi connectivity index (χ3v) is 5.50. The van der Waals surface area contributed by atoms with Crippen LogP contribution in [0.1, 0.15) is 33.3 Å². The first kappa shape index (κ1) is 18.4. The van der Waals surface area contributed by atoms with Crippen LogP contribution in [0.15, 0.2) is 23.1 Å². The Morgan fingerprint density at radius 3 is 2.19 bits per heavy atom. The zero-order valence-electron chi connectivity index (χ0n) is 12.9. The van der Waals surface area contributed by atoms with Crippen LogP contribution in [0.4, 0.5) is 0 Å². The maximum absolute atomic E-state index is 12.3. The fourth-order valence-corrected chi connectivity index (χ4v) is 3.76. The van der Waals surface area contributed by atoms with E-state index in [2.05, 4.69) is 32.4 Å². The number of sulfonamides is 1. The van der Waals surface area contributed by atoms with Crippen LogP contribution in [0, 0.1) is 17.8 Å². The van der Waals surface area contributed by atoms with Crippen molar-refractivity contribution in [2.75, 3.05) is 6.54 Å². The summed E-state index contributed by atoms with van der Waals surface area (Å²) in [6.07, 6.45) is 0. The zero-order chi connectivity index (χ0) is 16.2. The molecule has 4 nitrogen and oxygen atoms in total. The monoisotopic (exact) mass is 333 g/mol. The largest absolute Gasteiger partial charge is 0.392 e. The Hall–Kier alpha value is -0.620. The summed E-state index contributed by atoms with van der Waals surface area (Å²) in [5.41, 5.74) is 0.512. The number of halogens is 1. The number of hydrogen-bond donors (Lipinski definition) is 2. The molecule has 120 valence electrons. The maximum Gasteiger partial charge on any atom is 0.240 e. The number of nitrogens with one attached hydrogen (secondary N) is 1. The Labute approximate surface area is 132 Å². The lowest BCUT2D eigenvalue weighted by molar-refractivity contribution is 0.282. The predicted molar refractivity (Wildman–Crippen MR) is 85.7 cm³/mol. The van der Waals surface area contributed by atoms with Gasteiger partial charge in [-0.25, -0.2) is 13.1 Å². The highest BCUT2D eigenvalue weighted by Crippen LogP contribution is 2.23. The van der Waals surface area contributed by atoms with Crippen molar-refractivity contribution in [2.45, 2.75) is 39.2 Å². The van der Waals surface area contributed by atoms with Gasteiger partial charge in [-0.1, -0.05) is 45.4 Å². The molecule has 0 aliphatic heterocycles. The van der Waals surface area contributed by atoms with Crippen LogP contribution in [-0.4, -0.2) is 20.1 Å². The van der Waals surface area contributed by atoms with Crippen LogP contribution >= 0.6 is 11.6 Å². The molecule has 0 saturated carbocycles. The summed E-state index contributed by atoms with van der Waals surface area (Å²) in [5, 5.41) is 9.32. The molecule has 0 fully saturated rings. The minimum atomic E-state index is -3.59. The fraction of sp³-hybridized carbons (Fsp3) is 0.600. The van der Waals surface area contributed by atoms with E-state index >= 15 is 0 Å². The molecule has 6 heteroatoms. The number of rotatable bonds is 7. The first-order chi connectivity index (χ1) is 9.69. The van der Waals surface area contributed by atoms with Crippen molar-refractivity contribution in [2.24, 2.45) is 17.8 Å². The van der Waals surface area contributed by atoms with Gasteiger partial charge in [0.25, 0.3) is 0 Å². The van der Waals surface area contributed by atoms with E-state index in [1.807, 2.05) is 0 Å². The van der Waals surface area contributed by atoms with Crippen molar-refractivity contribution in [1.29, 1.82) is 0 Å². The highest BCUT2D eigenvalue weighted by atomic mass is 35.5. The summed E-state index contributed by atoms with van der Waals surface area (Å²) in [5.74, 6) is 1.06. The summed E-state index contributed by atoms with van der Waals surface area (Å²) in [6, 6.07) is 4.36. The minimum absolute atomic E-state index is 0.121. The van der Waals surface area contributed by atoms with E-state index in [1.165, 1.54) is 18.2 Å². The number of benzene rings is 1. The molecular weight excluding hydrogens is 310 g/mol. The molecule has 0 bridgehead atoms. The SMILES string of the molecule is CC(C)C(CNS(=O)(=O)c1ccc(CO)c(Cl)c1)C(C)C. The van der Waals surface area contributed by atoms with Crippen LogP contribution in [0.25, 0.3) is 0 Å². The molecule has 0 aliphatic carbocycles. The summed E-state index contributed by atoms with van der Waals surface area (Å²) in [7, 11) is -3.59. The average molecular weight is 334 g/mol. The van der Waals surface area contributed by atoms with E-state index in [1.54, 1.807) is 0 Å². The zero-order valence-corrected chi connectivity index (χ0v) is 14.5. The molecule has 0 atom stereocenters. The van der Waals surface area contributed by atoms with E-state index < -0.39 is 10.0 Å². The second-order valence-corrected chi connectivity index (χ2v) is 8.09. The summed E-state index contributed by atoms with van der Waals surface area (Å²) >= 11 is 5.95. The molecule has 1 aromatic carbocycles. The van der Waals surface area contributed by atoms with Crippen molar-refractivity contribution in [1.82, 2.24) is 4.72 Å². The Bertz CT molecular complexity index is 562. The van der Waals surface area contributed by atoms with Crippen LogP contribution in [-0.2, 0) is 16.6 Å². The highest BCUT2D eigenvalue weighted by Gasteiger charge is 2.22. The average Bonchev–Trinajstić information content (AvgIpc) is 2.37. The third kappa shape index (κ3) is 4.95. The minimum Gasteiger partial charge on any atom is -0.392 e. The second kappa shape index (κ2) is 7.58. The van der Waals surface area contributed by atoms with Crippen LogP contribution < -0.4 is 4.72 Å². The standard InChI is InChI=1S/C15H24ClNO3S/c1-10(2)14(11(3)4)8-17-21(19,20)13-6-5-12(9-18)15(16)7-13/h5-7,10-11,14,17-18H,8-9H2,1-4H3. The molecular formula is C15H24ClNO3S. The van der Waals surface area contributed by atoms with E-state index in [4.69, 9.17) is 16.7 Å². The normalized spacial score (nSPS) is 12.6. The molecule has 0 radical (unpaired) electrons. The number of aliphatic hydroxyl groups is 1. The van der Waals surface area contributed by atoms with Gasteiger partial charge in [-0.05, 0) is 35.4 Å². The molecule has 0 aromatic heterocycles. The van der Waals surface area contributed by atoms with Gasteiger partial charge in [0.1, 0.15) is 0 Å². The fourth-order valence-electron chi connectivity index (χ4n) is 2.35. The topological polar surface area (TPSA) is 66.4 Å². The molecule has 1 aromatic rings. The lowest BCUT2D eigenvalue weighted by Gasteiger charge is -2.25. The molecule has 21 heavy (non-hydrogen) atoms. The summed E-state index contributed by atoms with van der Waals surface area (Å²) < 4.78 is 27.3. The molecule has 0 amide bonds. The van der Waals surface area contributed by atoms with Crippen LogP contribution in [0.5, 0.6) is 0 Å². The van der Waals surface area contributed by atoms with Crippen molar-refractivity contribution >= 4 is 21.6 Å². The van der Waals surface area contributed by atoms with Gasteiger partial charge < -0.3 is 5.11 Å². The Morgan fingerprint density at radius 1 is 1.19 bits per heavy atom. The van der Waals surface area contributed by atoms with Crippen molar-refractivity contribution in [3.05, 3.63) is 28.8 Å². The van der Waals surface area contributed by atoms with Gasteiger partial charge >= 0.3 is 0 Å². The molecule has 1 rings (SSSR count). The molecule has 2 N–H and O–H groups in total. The Kier molecular flexibility index (Phi) is 6.66. The quantitative estimate of drug-likeness (QED) is 0.806. The van der Waals surface area contributed by atoms with Crippen LogP contribution in [0.2, 0.25) is 5.02 Å². The Balaban J connectivity index is 2.89. The van der Waals surface area contributed by atoms with Gasteiger partial charge in [0, 0.05) is 11.6 Å². The Morgan fingerprint density at radius 2 is 1.76 bits per heavy atom. The molecule has 0 heterocycles. The van der Waals surface area contributed by atoms with Crippen molar-refractivity contribution < 1.29 is 13.5 Å². The first-order valence-electron chi connectivity index (χ1n) is 7.08. The molecule has 0 unspecified atom stereocenters. The van der Waals surface area contributed by atoms with Crippen molar-refractivity contribution in [3.8, 4) is 0 Å². The molecule has 0 spiro atoms. The third-order valence-electron chi connectivity index (χ3n) is 3.73. The smallest absolute Gasteiger partial charge is 0.240 e. The van der Waals surface area contributed by atoms with Gasteiger partial charge in [0.15, 0.2) is 0 Å². The number of aliphatic hydroxyl groups excluding tert-OH is 1. The maximum atomic E-state index is 12.3.